The first-order valence-electron chi connectivity index (χ1n) is 3.90. The SMILES string of the molecule is CSCCC(N)c1csc(C)n1. The Bertz CT molecular complexity index is 235. The minimum atomic E-state index is 0.127. The van der Waals surface area contributed by atoms with Gasteiger partial charge in [-0.05, 0) is 25.4 Å². The molecule has 0 aliphatic carbocycles. The minimum absolute atomic E-state index is 0.127. The molecule has 1 rings (SSSR count). The van der Waals surface area contributed by atoms with Crippen LogP contribution in [0.25, 0.3) is 0 Å². The highest BCUT2D eigenvalue weighted by atomic mass is 32.2. The first-order valence-corrected chi connectivity index (χ1v) is 6.18. The molecular weight excluding hydrogens is 188 g/mol. The second-order valence-electron chi connectivity index (χ2n) is 2.68. The van der Waals surface area contributed by atoms with E-state index in [2.05, 4.69) is 16.6 Å². The van der Waals surface area contributed by atoms with Crippen LogP contribution in [0.15, 0.2) is 5.38 Å². The predicted octanol–water partition coefficient (Wildman–Crippen LogP) is 2.20. The third kappa shape index (κ3) is 2.77. The number of aryl methyl sites for hydroxylation is 1. The molecule has 1 aromatic rings. The second kappa shape index (κ2) is 4.84. The zero-order valence-corrected chi connectivity index (χ0v) is 9.04. The molecule has 0 radical (unpaired) electrons. The van der Waals surface area contributed by atoms with Gasteiger partial charge in [-0.1, -0.05) is 0 Å². The minimum Gasteiger partial charge on any atom is -0.323 e. The van der Waals surface area contributed by atoms with E-state index in [0.717, 1.165) is 22.9 Å². The highest BCUT2D eigenvalue weighted by molar-refractivity contribution is 7.98. The Morgan fingerprint density at radius 3 is 3.00 bits per heavy atom. The van der Waals surface area contributed by atoms with Gasteiger partial charge in [0.15, 0.2) is 0 Å². The van der Waals surface area contributed by atoms with E-state index in [1.54, 1.807) is 11.3 Å². The van der Waals surface area contributed by atoms with Gasteiger partial charge in [0.05, 0.1) is 10.7 Å². The number of nitrogens with zero attached hydrogens (tertiary/aromatic N) is 1. The summed E-state index contributed by atoms with van der Waals surface area (Å²) in [6.45, 7) is 2.01. The van der Waals surface area contributed by atoms with Crippen LogP contribution in [0.2, 0.25) is 0 Å². The normalized spacial score (nSPS) is 13.2. The number of aromatic nitrogens is 1. The molecular formula is C8H14N2S2. The maximum Gasteiger partial charge on any atom is 0.0898 e. The molecule has 68 valence electrons. The van der Waals surface area contributed by atoms with Crippen LogP contribution in [-0.4, -0.2) is 17.0 Å². The van der Waals surface area contributed by atoms with E-state index in [0.29, 0.717) is 0 Å². The van der Waals surface area contributed by atoms with Gasteiger partial charge in [-0.15, -0.1) is 11.3 Å². The van der Waals surface area contributed by atoms with Crippen molar-refractivity contribution >= 4 is 23.1 Å². The molecule has 0 saturated heterocycles. The molecule has 1 atom stereocenters. The average molecular weight is 202 g/mol. The van der Waals surface area contributed by atoms with Gasteiger partial charge in [0.25, 0.3) is 0 Å². The maximum atomic E-state index is 5.93. The average Bonchev–Trinajstić information content (AvgIpc) is 2.47. The molecule has 0 fully saturated rings. The van der Waals surface area contributed by atoms with Gasteiger partial charge in [-0.25, -0.2) is 4.98 Å². The number of hydrogen-bond acceptors (Lipinski definition) is 4. The topological polar surface area (TPSA) is 38.9 Å². The lowest BCUT2D eigenvalue weighted by Gasteiger charge is -2.06. The van der Waals surface area contributed by atoms with Gasteiger partial charge in [0, 0.05) is 11.4 Å². The molecule has 2 nitrogen and oxygen atoms in total. The number of nitrogens with two attached hydrogens (primary N) is 1. The van der Waals surface area contributed by atoms with Crippen molar-refractivity contribution in [2.75, 3.05) is 12.0 Å². The molecule has 0 saturated carbocycles. The standard InChI is InChI=1S/C8H14N2S2/c1-6-10-8(5-12-6)7(9)3-4-11-2/h5,7H,3-4,9H2,1-2H3. The van der Waals surface area contributed by atoms with Crippen molar-refractivity contribution < 1.29 is 0 Å². The third-order valence-corrected chi connectivity index (χ3v) is 3.09. The van der Waals surface area contributed by atoms with Crippen molar-refractivity contribution in [1.29, 1.82) is 0 Å². The van der Waals surface area contributed by atoms with E-state index in [4.69, 9.17) is 5.73 Å². The van der Waals surface area contributed by atoms with Crippen LogP contribution in [0, 0.1) is 6.92 Å². The lowest BCUT2D eigenvalue weighted by molar-refractivity contribution is 0.685. The molecule has 0 aromatic carbocycles. The van der Waals surface area contributed by atoms with E-state index < -0.39 is 0 Å². The van der Waals surface area contributed by atoms with Crippen molar-refractivity contribution in [3.8, 4) is 0 Å². The van der Waals surface area contributed by atoms with Crippen molar-refractivity contribution in [2.45, 2.75) is 19.4 Å². The molecule has 0 aliphatic heterocycles. The molecule has 1 unspecified atom stereocenters. The molecule has 0 spiro atoms. The maximum absolute atomic E-state index is 5.93. The fourth-order valence-electron chi connectivity index (χ4n) is 0.943. The summed E-state index contributed by atoms with van der Waals surface area (Å²) in [6.07, 6.45) is 3.11. The summed E-state index contributed by atoms with van der Waals surface area (Å²) < 4.78 is 0. The van der Waals surface area contributed by atoms with Crippen molar-refractivity contribution in [3.63, 3.8) is 0 Å². The molecule has 1 heterocycles. The molecule has 0 aliphatic rings. The molecule has 0 bridgehead atoms. The molecule has 1 aromatic heterocycles. The van der Waals surface area contributed by atoms with E-state index in [-0.39, 0.29) is 6.04 Å². The zero-order chi connectivity index (χ0) is 8.97. The summed E-state index contributed by atoms with van der Waals surface area (Å²) >= 11 is 3.50. The Hall–Kier alpha value is -0.0600. The third-order valence-electron chi connectivity index (χ3n) is 1.65. The smallest absolute Gasteiger partial charge is 0.0898 e. The molecule has 4 heteroatoms. The summed E-state index contributed by atoms with van der Waals surface area (Å²) in [6, 6.07) is 0.127. The first kappa shape index (κ1) is 10.0. The summed E-state index contributed by atoms with van der Waals surface area (Å²) in [5.41, 5.74) is 6.97. The number of rotatable bonds is 4. The van der Waals surface area contributed by atoms with Crippen molar-refractivity contribution in [2.24, 2.45) is 5.73 Å². The fourth-order valence-corrected chi connectivity index (χ4v) is 2.11. The van der Waals surface area contributed by atoms with Gasteiger partial charge in [0.1, 0.15) is 0 Å². The lowest BCUT2D eigenvalue weighted by Crippen LogP contribution is -2.11. The van der Waals surface area contributed by atoms with E-state index >= 15 is 0 Å². The summed E-state index contributed by atoms with van der Waals surface area (Å²) in [5.74, 6) is 1.11. The zero-order valence-electron chi connectivity index (χ0n) is 7.41. The van der Waals surface area contributed by atoms with Crippen LogP contribution < -0.4 is 5.73 Å². The van der Waals surface area contributed by atoms with E-state index in [1.807, 2.05) is 18.7 Å². The Morgan fingerprint density at radius 2 is 2.50 bits per heavy atom. The largest absolute Gasteiger partial charge is 0.323 e. The molecule has 12 heavy (non-hydrogen) atoms. The van der Waals surface area contributed by atoms with Crippen molar-refractivity contribution in [3.05, 3.63) is 16.1 Å². The first-order chi connectivity index (χ1) is 5.74. The fraction of sp³-hybridized carbons (Fsp3) is 0.625. The van der Waals surface area contributed by atoms with Gasteiger partial charge in [-0.2, -0.15) is 11.8 Å². The van der Waals surface area contributed by atoms with Gasteiger partial charge in [0.2, 0.25) is 0 Å². The Kier molecular flexibility index (Phi) is 4.05. The van der Waals surface area contributed by atoms with Gasteiger partial charge in [-0.3, -0.25) is 0 Å². The van der Waals surface area contributed by atoms with Gasteiger partial charge < -0.3 is 5.73 Å². The Labute approximate surface area is 81.6 Å². The Morgan fingerprint density at radius 1 is 1.75 bits per heavy atom. The van der Waals surface area contributed by atoms with Crippen LogP contribution in [-0.2, 0) is 0 Å². The molecule has 0 amide bonds. The summed E-state index contributed by atoms with van der Waals surface area (Å²) in [5, 5.41) is 3.16. The summed E-state index contributed by atoms with van der Waals surface area (Å²) in [4.78, 5) is 4.35. The van der Waals surface area contributed by atoms with Crippen molar-refractivity contribution in [1.82, 2.24) is 4.98 Å². The lowest BCUT2D eigenvalue weighted by atomic mass is 10.2. The van der Waals surface area contributed by atoms with E-state index in [9.17, 15) is 0 Å². The van der Waals surface area contributed by atoms with Crippen LogP contribution in [0.3, 0.4) is 0 Å². The Balaban J connectivity index is 2.47. The van der Waals surface area contributed by atoms with Gasteiger partial charge >= 0.3 is 0 Å². The van der Waals surface area contributed by atoms with Crippen LogP contribution in [0.4, 0.5) is 0 Å². The highest BCUT2D eigenvalue weighted by Gasteiger charge is 2.07. The van der Waals surface area contributed by atoms with E-state index in [1.165, 1.54) is 0 Å². The number of thioether (sulfide) groups is 1. The quantitative estimate of drug-likeness (QED) is 0.813. The number of thiazole rings is 1. The van der Waals surface area contributed by atoms with Crippen LogP contribution >= 0.6 is 23.1 Å². The predicted molar refractivity (Wildman–Crippen MR) is 56.8 cm³/mol. The monoisotopic (exact) mass is 202 g/mol. The van der Waals surface area contributed by atoms with Crippen LogP contribution in [0.5, 0.6) is 0 Å². The number of hydrogen-bond donors (Lipinski definition) is 1. The van der Waals surface area contributed by atoms with Crippen LogP contribution in [0.1, 0.15) is 23.2 Å². The summed E-state index contributed by atoms with van der Waals surface area (Å²) in [7, 11) is 0. The highest BCUT2D eigenvalue weighted by Crippen LogP contribution is 2.17. The second-order valence-corrected chi connectivity index (χ2v) is 4.73. The molecule has 2 N–H and O–H groups in total.